The van der Waals surface area contributed by atoms with E-state index in [0.717, 1.165) is 31.4 Å². The number of hydrogen-bond donors (Lipinski definition) is 2. The summed E-state index contributed by atoms with van der Waals surface area (Å²) in [5, 5.41) is 6.35. The number of rotatable bonds is 3. The van der Waals surface area contributed by atoms with Gasteiger partial charge in [0.05, 0.1) is 6.42 Å². The van der Waals surface area contributed by atoms with E-state index < -0.39 is 0 Å². The highest BCUT2D eigenvalue weighted by Gasteiger charge is 2.23. The predicted octanol–water partition coefficient (Wildman–Crippen LogP) is 1.48. The second-order valence-corrected chi connectivity index (χ2v) is 4.69. The molecule has 0 atom stereocenters. The van der Waals surface area contributed by atoms with E-state index in [9.17, 15) is 4.79 Å². The molecule has 0 saturated heterocycles. The average molecular weight is 216 g/mol. The number of nitrogens with one attached hydrogen (secondary N) is 2. The number of carbonyl (C=O) groups excluding carboxylic acids is 1. The molecule has 1 aromatic carbocycles. The van der Waals surface area contributed by atoms with Crippen molar-refractivity contribution in [3.8, 4) is 0 Å². The molecule has 0 unspecified atom stereocenters. The van der Waals surface area contributed by atoms with Crippen molar-refractivity contribution >= 4 is 11.6 Å². The SMILES string of the molecule is O=C(Cc1ccc2c(c1)NCC2)NC1CC1. The van der Waals surface area contributed by atoms with E-state index in [1.54, 1.807) is 0 Å². The van der Waals surface area contributed by atoms with Crippen molar-refractivity contribution < 1.29 is 4.79 Å². The van der Waals surface area contributed by atoms with E-state index in [-0.39, 0.29) is 5.91 Å². The second-order valence-electron chi connectivity index (χ2n) is 4.69. The number of carbonyl (C=O) groups is 1. The minimum atomic E-state index is 0.153. The van der Waals surface area contributed by atoms with Gasteiger partial charge >= 0.3 is 0 Å². The zero-order valence-corrected chi connectivity index (χ0v) is 9.25. The first kappa shape index (κ1) is 9.70. The first-order chi connectivity index (χ1) is 7.81. The number of fused-ring (bicyclic) bond motifs is 1. The zero-order chi connectivity index (χ0) is 11.0. The maximum absolute atomic E-state index is 11.6. The van der Waals surface area contributed by atoms with Crippen LogP contribution in [0.4, 0.5) is 5.69 Å². The van der Waals surface area contributed by atoms with Gasteiger partial charge in [0.2, 0.25) is 5.91 Å². The summed E-state index contributed by atoms with van der Waals surface area (Å²) in [5.74, 6) is 0.153. The Morgan fingerprint density at radius 1 is 1.44 bits per heavy atom. The van der Waals surface area contributed by atoms with E-state index in [1.807, 2.05) is 0 Å². The van der Waals surface area contributed by atoms with E-state index in [0.29, 0.717) is 12.5 Å². The molecule has 1 fully saturated rings. The van der Waals surface area contributed by atoms with E-state index in [2.05, 4.69) is 28.8 Å². The van der Waals surface area contributed by atoms with Crippen LogP contribution >= 0.6 is 0 Å². The largest absolute Gasteiger partial charge is 0.384 e. The lowest BCUT2D eigenvalue weighted by molar-refractivity contribution is -0.120. The first-order valence-corrected chi connectivity index (χ1v) is 5.96. The Balaban J connectivity index is 1.67. The van der Waals surface area contributed by atoms with Crippen LogP contribution in [-0.4, -0.2) is 18.5 Å². The molecule has 16 heavy (non-hydrogen) atoms. The van der Waals surface area contributed by atoms with Crippen LogP contribution in [0.1, 0.15) is 24.0 Å². The molecule has 1 aliphatic carbocycles. The van der Waals surface area contributed by atoms with Crippen LogP contribution in [0.15, 0.2) is 18.2 Å². The quantitative estimate of drug-likeness (QED) is 0.803. The summed E-state index contributed by atoms with van der Waals surface area (Å²) in [5.41, 5.74) is 3.68. The van der Waals surface area contributed by atoms with Gasteiger partial charge in [-0.3, -0.25) is 4.79 Å². The molecule has 3 nitrogen and oxygen atoms in total. The van der Waals surface area contributed by atoms with Crippen LogP contribution in [0, 0.1) is 0 Å². The van der Waals surface area contributed by atoms with Crippen molar-refractivity contribution in [2.75, 3.05) is 11.9 Å². The molecule has 1 aliphatic heterocycles. The highest BCUT2D eigenvalue weighted by Crippen LogP contribution is 2.23. The normalized spacial score (nSPS) is 17.8. The van der Waals surface area contributed by atoms with Gasteiger partial charge in [0.15, 0.2) is 0 Å². The van der Waals surface area contributed by atoms with Gasteiger partial charge in [-0.25, -0.2) is 0 Å². The molecule has 0 aromatic heterocycles. The lowest BCUT2D eigenvalue weighted by atomic mass is 10.1. The smallest absolute Gasteiger partial charge is 0.224 e. The monoisotopic (exact) mass is 216 g/mol. The van der Waals surface area contributed by atoms with Crippen molar-refractivity contribution in [2.24, 2.45) is 0 Å². The van der Waals surface area contributed by atoms with E-state index in [1.165, 1.54) is 11.3 Å². The first-order valence-electron chi connectivity index (χ1n) is 5.96. The molecule has 3 rings (SSSR count). The van der Waals surface area contributed by atoms with Crippen molar-refractivity contribution in [3.05, 3.63) is 29.3 Å². The van der Waals surface area contributed by atoms with Crippen LogP contribution < -0.4 is 10.6 Å². The Morgan fingerprint density at radius 2 is 2.31 bits per heavy atom. The molecule has 1 amide bonds. The van der Waals surface area contributed by atoms with Gasteiger partial charge in [-0.2, -0.15) is 0 Å². The molecule has 1 heterocycles. The van der Waals surface area contributed by atoms with Crippen LogP contribution in [0.25, 0.3) is 0 Å². The highest BCUT2D eigenvalue weighted by molar-refractivity contribution is 5.79. The summed E-state index contributed by atoms with van der Waals surface area (Å²) < 4.78 is 0. The van der Waals surface area contributed by atoms with Gasteiger partial charge in [-0.05, 0) is 36.5 Å². The van der Waals surface area contributed by atoms with Gasteiger partial charge in [0, 0.05) is 18.3 Å². The third-order valence-electron chi connectivity index (χ3n) is 3.19. The maximum Gasteiger partial charge on any atom is 0.224 e. The minimum absolute atomic E-state index is 0.153. The van der Waals surface area contributed by atoms with Crippen LogP contribution in [-0.2, 0) is 17.6 Å². The molecule has 1 aromatic rings. The Bertz CT molecular complexity index is 424. The Hall–Kier alpha value is -1.51. The van der Waals surface area contributed by atoms with Crippen LogP contribution in [0.2, 0.25) is 0 Å². The zero-order valence-electron chi connectivity index (χ0n) is 9.25. The molecule has 2 N–H and O–H groups in total. The predicted molar refractivity (Wildman–Crippen MR) is 63.5 cm³/mol. The van der Waals surface area contributed by atoms with E-state index >= 15 is 0 Å². The number of benzene rings is 1. The van der Waals surface area contributed by atoms with Crippen LogP contribution in [0.3, 0.4) is 0 Å². The molecular formula is C13H16N2O. The summed E-state index contributed by atoms with van der Waals surface area (Å²) in [4.78, 5) is 11.6. The maximum atomic E-state index is 11.6. The number of amides is 1. The van der Waals surface area contributed by atoms with Gasteiger partial charge in [0.25, 0.3) is 0 Å². The third-order valence-corrected chi connectivity index (χ3v) is 3.19. The summed E-state index contributed by atoms with van der Waals surface area (Å²) in [6.07, 6.45) is 3.91. The number of anilines is 1. The van der Waals surface area contributed by atoms with Gasteiger partial charge in [-0.1, -0.05) is 12.1 Å². The van der Waals surface area contributed by atoms with Crippen molar-refractivity contribution in [2.45, 2.75) is 31.7 Å². The molecule has 3 heteroatoms. The molecule has 0 spiro atoms. The minimum Gasteiger partial charge on any atom is -0.384 e. The lowest BCUT2D eigenvalue weighted by Crippen LogP contribution is -2.26. The van der Waals surface area contributed by atoms with Gasteiger partial charge in [-0.15, -0.1) is 0 Å². The summed E-state index contributed by atoms with van der Waals surface area (Å²) in [7, 11) is 0. The molecule has 1 saturated carbocycles. The van der Waals surface area contributed by atoms with Crippen molar-refractivity contribution in [3.63, 3.8) is 0 Å². The van der Waals surface area contributed by atoms with Crippen molar-refractivity contribution in [1.82, 2.24) is 5.32 Å². The Labute approximate surface area is 95.2 Å². The fourth-order valence-electron chi connectivity index (χ4n) is 2.14. The van der Waals surface area contributed by atoms with Crippen LogP contribution in [0.5, 0.6) is 0 Å². The fourth-order valence-corrected chi connectivity index (χ4v) is 2.14. The Morgan fingerprint density at radius 3 is 3.12 bits per heavy atom. The van der Waals surface area contributed by atoms with Gasteiger partial charge < -0.3 is 10.6 Å². The molecular weight excluding hydrogens is 200 g/mol. The highest BCUT2D eigenvalue weighted by atomic mass is 16.1. The molecule has 2 aliphatic rings. The molecule has 84 valence electrons. The summed E-state index contributed by atoms with van der Waals surface area (Å²) >= 11 is 0. The topological polar surface area (TPSA) is 41.1 Å². The molecule has 0 radical (unpaired) electrons. The Kier molecular flexibility index (Phi) is 2.31. The second kappa shape index (κ2) is 3.81. The molecule has 0 bridgehead atoms. The third kappa shape index (κ3) is 2.03. The number of hydrogen-bond acceptors (Lipinski definition) is 2. The van der Waals surface area contributed by atoms with Crippen molar-refractivity contribution in [1.29, 1.82) is 0 Å². The average Bonchev–Trinajstić information content (AvgIpc) is 2.95. The standard InChI is InChI=1S/C13H16N2O/c16-13(15-11-3-4-11)8-9-1-2-10-5-6-14-12(10)7-9/h1-2,7,11,14H,3-6,8H2,(H,15,16). The fraction of sp³-hybridized carbons (Fsp3) is 0.462. The van der Waals surface area contributed by atoms with Gasteiger partial charge in [0.1, 0.15) is 0 Å². The van der Waals surface area contributed by atoms with E-state index in [4.69, 9.17) is 0 Å². The summed E-state index contributed by atoms with van der Waals surface area (Å²) in [6.45, 7) is 1.02. The lowest BCUT2D eigenvalue weighted by Gasteiger charge is -2.05. The summed E-state index contributed by atoms with van der Waals surface area (Å²) in [6, 6.07) is 6.77.